The second-order valence-electron chi connectivity index (χ2n) is 6.90. The Morgan fingerprint density at radius 3 is 2.70 bits per heavy atom. The lowest BCUT2D eigenvalue weighted by molar-refractivity contribution is -0.120. The van der Waals surface area contributed by atoms with E-state index in [0.29, 0.717) is 30.4 Å². The number of benzene rings is 1. The summed E-state index contributed by atoms with van der Waals surface area (Å²) in [6.07, 6.45) is 1.88. The molecule has 1 aliphatic rings. The summed E-state index contributed by atoms with van der Waals surface area (Å²) in [6.45, 7) is 5.81. The number of aromatic nitrogens is 1. The Labute approximate surface area is 163 Å². The number of amides is 2. The summed E-state index contributed by atoms with van der Waals surface area (Å²) < 4.78 is 5.58. The predicted molar refractivity (Wildman–Crippen MR) is 106 cm³/mol. The summed E-state index contributed by atoms with van der Waals surface area (Å²) >= 11 is 1.42. The Morgan fingerprint density at radius 2 is 2.04 bits per heavy atom. The standard InChI is InChI=1S/C20H25N3O3S/c1-14(2)26-12-16-7-5-15(6-8-16)11-21-18(24)10-17-13-27-20(22-17)23-9-3-4-19(23)25/h5-8,13-14H,3-4,9-12H2,1-2H3,(H,21,24). The first-order valence-electron chi connectivity index (χ1n) is 9.22. The molecule has 2 aromatic rings. The molecule has 144 valence electrons. The van der Waals surface area contributed by atoms with E-state index in [-0.39, 0.29) is 24.3 Å². The van der Waals surface area contributed by atoms with E-state index in [1.54, 1.807) is 4.90 Å². The van der Waals surface area contributed by atoms with Crippen molar-refractivity contribution in [2.75, 3.05) is 11.4 Å². The molecule has 0 radical (unpaired) electrons. The van der Waals surface area contributed by atoms with Gasteiger partial charge in [-0.1, -0.05) is 24.3 Å². The van der Waals surface area contributed by atoms with E-state index < -0.39 is 0 Å². The van der Waals surface area contributed by atoms with Gasteiger partial charge in [-0.25, -0.2) is 4.98 Å². The van der Waals surface area contributed by atoms with Crippen LogP contribution in [0.5, 0.6) is 0 Å². The van der Waals surface area contributed by atoms with E-state index in [1.807, 2.05) is 43.5 Å². The van der Waals surface area contributed by atoms with Crippen LogP contribution in [0.15, 0.2) is 29.6 Å². The van der Waals surface area contributed by atoms with Crippen LogP contribution in [0.2, 0.25) is 0 Å². The lowest BCUT2D eigenvalue weighted by Crippen LogP contribution is -2.25. The number of hydrogen-bond acceptors (Lipinski definition) is 5. The maximum absolute atomic E-state index is 12.2. The maximum atomic E-state index is 12.2. The number of nitrogens with zero attached hydrogens (tertiary/aromatic N) is 2. The van der Waals surface area contributed by atoms with Gasteiger partial charge in [0.1, 0.15) is 0 Å². The molecule has 1 aliphatic heterocycles. The van der Waals surface area contributed by atoms with Gasteiger partial charge >= 0.3 is 0 Å². The van der Waals surface area contributed by atoms with Gasteiger partial charge in [0.25, 0.3) is 0 Å². The van der Waals surface area contributed by atoms with Crippen LogP contribution in [0.1, 0.15) is 43.5 Å². The molecular formula is C20H25N3O3S. The molecule has 7 heteroatoms. The first-order valence-corrected chi connectivity index (χ1v) is 10.1. The fraction of sp³-hybridized carbons (Fsp3) is 0.450. The van der Waals surface area contributed by atoms with E-state index in [1.165, 1.54) is 11.3 Å². The normalized spacial score (nSPS) is 14.2. The molecule has 27 heavy (non-hydrogen) atoms. The van der Waals surface area contributed by atoms with Crippen molar-refractivity contribution in [2.24, 2.45) is 0 Å². The minimum Gasteiger partial charge on any atom is -0.374 e. The summed E-state index contributed by atoms with van der Waals surface area (Å²) in [5.41, 5.74) is 2.86. The van der Waals surface area contributed by atoms with Crippen molar-refractivity contribution < 1.29 is 14.3 Å². The van der Waals surface area contributed by atoms with Gasteiger partial charge in [-0.05, 0) is 31.4 Å². The molecule has 2 heterocycles. The van der Waals surface area contributed by atoms with Gasteiger partial charge < -0.3 is 10.1 Å². The Morgan fingerprint density at radius 1 is 1.30 bits per heavy atom. The molecule has 0 saturated carbocycles. The molecule has 1 fully saturated rings. The SMILES string of the molecule is CC(C)OCc1ccc(CNC(=O)Cc2csc(N3CCCC3=O)n2)cc1. The zero-order chi connectivity index (χ0) is 19.2. The number of carbonyl (C=O) groups is 2. The summed E-state index contributed by atoms with van der Waals surface area (Å²) in [5, 5.41) is 5.46. The molecule has 3 rings (SSSR count). The highest BCUT2D eigenvalue weighted by Crippen LogP contribution is 2.25. The van der Waals surface area contributed by atoms with Crippen molar-refractivity contribution >= 4 is 28.3 Å². The Balaban J connectivity index is 1.46. The van der Waals surface area contributed by atoms with E-state index in [0.717, 1.165) is 24.1 Å². The Bertz CT molecular complexity index is 786. The lowest BCUT2D eigenvalue weighted by Gasteiger charge is -2.10. The minimum absolute atomic E-state index is 0.0770. The van der Waals surface area contributed by atoms with Crippen LogP contribution in [0.3, 0.4) is 0 Å². The number of carbonyl (C=O) groups excluding carboxylic acids is 2. The van der Waals surface area contributed by atoms with Gasteiger partial charge in [0.15, 0.2) is 5.13 Å². The van der Waals surface area contributed by atoms with Crippen molar-refractivity contribution in [1.82, 2.24) is 10.3 Å². The van der Waals surface area contributed by atoms with Crippen molar-refractivity contribution in [1.29, 1.82) is 0 Å². The largest absolute Gasteiger partial charge is 0.374 e. The van der Waals surface area contributed by atoms with Crippen LogP contribution in [0, 0.1) is 0 Å². The highest BCUT2D eigenvalue weighted by molar-refractivity contribution is 7.14. The van der Waals surface area contributed by atoms with Crippen LogP contribution in [-0.4, -0.2) is 29.4 Å². The number of hydrogen-bond donors (Lipinski definition) is 1. The molecule has 0 atom stereocenters. The fourth-order valence-corrected chi connectivity index (χ4v) is 3.66. The Hall–Kier alpha value is -2.25. The van der Waals surface area contributed by atoms with Crippen molar-refractivity contribution in [3.05, 3.63) is 46.5 Å². The molecule has 0 spiro atoms. The molecule has 1 N–H and O–H groups in total. The summed E-state index contributed by atoms with van der Waals surface area (Å²) in [4.78, 5) is 30.1. The van der Waals surface area contributed by atoms with Gasteiger partial charge in [0.05, 0.1) is 24.8 Å². The van der Waals surface area contributed by atoms with Crippen LogP contribution in [-0.2, 0) is 33.9 Å². The van der Waals surface area contributed by atoms with Gasteiger partial charge in [-0.3, -0.25) is 14.5 Å². The first-order chi connectivity index (χ1) is 13.0. The van der Waals surface area contributed by atoms with E-state index in [9.17, 15) is 9.59 Å². The third kappa shape index (κ3) is 5.61. The van der Waals surface area contributed by atoms with Crippen molar-refractivity contribution in [2.45, 2.75) is 52.4 Å². The number of nitrogens with one attached hydrogen (secondary N) is 1. The predicted octanol–water partition coefficient (Wildman–Crippen LogP) is 3.05. The summed E-state index contributed by atoms with van der Waals surface area (Å²) in [5.74, 6) is 0.0365. The smallest absolute Gasteiger partial charge is 0.228 e. The molecule has 1 aromatic carbocycles. The highest BCUT2D eigenvalue weighted by atomic mass is 32.1. The van der Waals surface area contributed by atoms with Gasteiger partial charge in [0.2, 0.25) is 11.8 Å². The monoisotopic (exact) mass is 387 g/mol. The van der Waals surface area contributed by atoms with Crippen LogP contribution >= 0.6 is 11.3 Å². The second kappa shape index (κ2) is 9.10. The van der Waals surface area contributed by atoms with E-state index >= 15 is 0 Å². The molecule has 2 amide bonds. The number of ether oxygens (including phenoxy) is 1. The second-order valence-corrected chi connectivity index (χ2v) is 7.74. The number of anilines is 1. The van der Waals surface area contributed by atoms with Crippen molar-refractivity contribution in [3.63, 3.8) is 0 Å². The van der Waals surface area contributed by atoms with Gasteiger partial charge in [0, 0.05) is 24.9 Å². The summed E-state index contributed by atoms with van der Waals surface area (Å²) in [7, 11) is 0. The van der Waals surface area contributed by atoms with Crippen LogP contribution < -0.4 is 10.2 Å². The molecule has 1 aromatic heterocycles. The van der Waals surface area contributed by atoms with Gasteiger partial charge in [-0.2, -0.15) is 0 Å². The fourth-order valence-electron chi connectivity index (χ4n) is 2.80. The van der Waals surface area contributed by atoms with E-state index in [4.69, 9.17) is 4.74 Å². The third-order valence-corrected chi connectivity index (χ3v) is 5.19. The van der Waals surface area contributed by atoms with Crippen LogP contribution in [0.4, 0.5) is 5.13 Å². The van der Waals surface area contributed by atoms with Crippen molar-refractivity contribution in [3.8, 4) is 0 Å². The molecule has 0 unspecified atom stereocenters. The summed E-state index contributed by atoms with van der Waals surface area (Å²) in [6, 6.07) is 8.03. The zero-order valence-corrected chi connectivity index (χ0v) is 16.6. The number of thiazole rings is 1. The van der Waals surface area contributed by atoms with Gasteiger partial charge in [-0.15, -0.1) is 11.3 Å². The average molecular weight is 388 g/mol. The average Bonchev–Trinajstić information content (AvgIpc) is 3.27. The van der Waals surface area contributed by atoms with Crippen LogP contribution in [0.25, 0.3) is 0 Å². The van der Waals surface area contributed by atoms with E-state index in [2.05, 4.69) is 10.3 Å². The molecule has 6 nitrogen and oxygen atoms in total. The highest BCUT2D eigenvalue weighted by Gasteiger charge is 2.24. The third-order valence-electron chi connectivity index (χ3n) is 4.28. The molecule has 0 aliphatic carbocycles. The molecule has 0 bridgehead atoms. The topological polar surface area (TPSA) is 71.5 Å². The zero-order valence-electron chi connectivity index (χ0n) is 15.7. The molecule has 1 saturated heterocycles. The quantitative estimate of drug-likeness (QED) is 0.756. The molecular weight excluding hydrogens is 362 g/mol. The Kier molecular flexibility index (Phi) is 6.58. The maximum Gasteiger partial charge on any atom is 0.228 e. The minimum atomic E-state index is -0.0770. The number of rotatable bonds is 8. The first kappa shape index (κ1) is 19.5. The lowest BCUT2D eigenvalue weighted by atomic mass is 10.1.